The van der Waals surface area contributed by atoms with Crippen LogP contribution in [0.4, 0.5) is 5.82 Å². The Labute approximate surface area is 98.1 Å². The molecule has 0 aromatic carbocycles. The van der Waals surface area contributed by atoms with Crippen molar-refractivity contribution in [2.24, 2.45) is 0 Å². The molecular formula is C11H15N3O3. The van der Waals surface area contributed by atoms with E-state index in [4.69, 9.17) is 0 Å². The number of carboxylic acids is 1. The van der Waals surface area contributed by atoms with Crippen LogP contribution < -0.4 is 10.9 Å². The maximum absolute atomic E-state index is 11.3. The van der Waals surface area contributed by atoms with Gasteiger partial charge in [-0.05, 0) is 19.8 Å². The molecule has 2 rings (SSSR count). The van der Waals surface area contributed by atoms with Gasteiger partial charge >= 0.3 is 5.97 Å². The van der Waals surface area contributed by atoms with Crippen LogP contribution in [0.15, 0.2) is 10.9 Å². The molecule has 0 saturated heterocycles. The number of carboxylic acid groups (broad SMARTS) is 1. The molecule has 3 N–H and O–H groups in total. The third-order valence-corrected chi connectivity index (χ3v) is 3.09. The first-order valence-corrected chi connectivity index (χ1v) is 5.61. The van der Waals surface area contributed by atoms with E-state index in [0.717, 1.165) is 12.8 Å². The Bertz CT molecular complexity index is 489. The number of nitrogens with one attached hydrogen (secondary N) is 2. The number of aromatic nitrogens is 2. The summed E-state index contributed by atoms with van der Waals surface area (Å²) in [7, 11) is 0. The van der Waals surface area contributed by atoms with Crippen LogP contribution in [0, 0.1) is 6.92 Å². The molecule has 0 bridgehead atoms. The second-order valence-electron chi connectivity index (χ2n) is 4.44. The molecule has 1 aliphatic rings. The molecule has 1 saturated carbocycles. The summed E-state index contributed by atoms with van der Waals surface area (Å²) < 4.78 is 0. The number of anilines is 1. The number of hydrogen-bond acceptors (Lipinski definition) is 4. The number of aromatic amines is 1. The van der Waals surface area contributed by atoms with Crippen molar-refractivity contribution < 1.29 is 9.90 Å². The van der Waals surface area contributed by atoms with Crippen molar-refractivity contribution in [1.82, 2.24) is 9.97 Å². The zero-order valence-corrected chi connectivity index (χ0v) is 9.62. The molecule has 0 aliphatic heterocycles. The number of aryl methyl sites for hydroxylation is 1. The molecule has 17 heavy (non-hydrogen) atoms. The van der Waals surface area contributed by atoms with E-state index in [0.29, 0.717) is 24.5 Å². The molecule has 1 aromatic rings. The molecule has 1 fully saturated rings. The van der Waals surface area contributed by atoms with E-state index in [2.05, 4.69) is 15.3 Å². The zero-order chi connectivity index (χ0) is 12.5. The molecule has 6 heteroatoms. The Morgan fingerprint density at radius 1 is 1.53 bits per heavy atom. The van der Waals surface area contributed by atoms with E-state index < -0.39 is 11.5 Å². The number of hydrogen-bond donors (Lipinski definition) is 3. The maximum atomic E-state index is 11.3. The molecule has 0 atom stereocenters. The van der Waals surface area contributed by atoms with Gasteiger partial charge < -0.3 is 15.4 Å². The summed E-state index contributed by atoms with van der Waals surface area (Å²) in [5, 5.41) is 12.2. The standard InChI is InChI=1S/C11H15N3O3/c1-7-12-8(6-9(15)13-7)14-11(10(16)17)4-2-3-5-11/h6H,2-5H2,1H3,(H,16,17)(H2,12,13,14,15). The first-order valence-electron chi connectivity index (χ1n) is 5.61. The Kier molecular flexibility index (Phi) is 2.87. The van der Waals surface area contributed by atoms with Crippen LogP contribution in [0.1, 0.15) is 31.5 Å². The summed E-state index contributed by atoms with van der Waals surface area (Å²) in [5.74, 6) is -0.0798. The van der Waals surface area contributed by atoms with Crippen molar-refractivity contribution in [3.63, 3.8) is 0 Å². The topological polar surface area (TPSA) is 95.1 Å². The van der Waals surface area contributed by atoms with E-state index >= 15 is 0 Å². The van der Waals surface area contributed by atoms with Crippen molar-refractivity contribution in [3.05, 3.63) is 22.2 Å². The summed E-state index contributed by atoms with van der Waals surface area (Å²) >= 11 is 0. The van der Waals surface area contributed by atoms with Crippen LogP contribution in [0.3, 0.4) is 0 Å². The minimum absolute atomic E-state index is 0.279. The SMILES string of the molecule is Cc1nc(NC2(C(=O)O)CCCC2)cc(=O)[nH]1. The van der Waals surface area contributed by atoms with E-state index in [1.54, 1.807) is 6.92 Å². The van der Waals surface area contributed by atoms with E-state index in [1.807, 2.05) is 0 Å². The molecule has 0 amide bonds. The molecule has 0 radical (unpaired) electrons. The fourth-order valence-corrected chi connectivity index (χ4v) is 2.26. The highest BCUT2D eigenvalue weighted by molar-refractivity contribution is 5.82. The first-order chi connectivity index (χ1) is 8.02. The Morgan fingerprint density at radius 3 is 2.71 bits per heavy atom. The van der Waals surface area contributed by atoms with Crippen LogP contribution in [-0.2, 0) is 4.79 Å². The lowest BCUT2D eigenvalue weighted by Crippen LogP contribution is -2.44. The van der Waals surface area contributed by atoms with Gasteiger partial charge in [0.15, 0.2) is 0 Å². The molecule has 6 nitrogen and oxygen atoms in total. The summed E-state index contributed by atoms with van der Waals surface area (Å²) in [6.45, 7) is 1.66. The molecule has 92 valence electrons. The monoisotopic (exact) mass is 237 g/mol. The van der Waals surface area contributed by atoms with E-state index in [-0.39, 0.29) is 5.56 Å². The quantitative estimate of drug-likeness (QED) is 0.725. The van der Waals surface area contributed by atoms with Gasteiger partial charge in [0.05, 0.1) is 0 Å². The summed E-state index contributed by atoms with van der Waals surface area (Å²) in [6, 6.07) is 1.29. The minimum Gasteiger partial charge on any atom is -0.480 e. The minimum atomic E-state index is -0.965. The first kappa shape index (κ1) is 11.6. The van der Waals surface area contributed by atoms with Crippen molar-refractivity contribution in [3.8, 4) is 0 Å². The van der Waals surface area contributed by atoms with Gasteiger partial charge in [0.2, 0.25) is 0 Å². The van der Waals surface area contributed by atoms with Gasteiger partial charge in [0.1, 0.15) is 17.2 Å². The number of rotatable bonds is 3. The Hall–Kier alpha value is -1.85. The third-order valence-electron chi connectivity index (χ3n) is 3.09. The van der Waals surface area contributed by atoms with Gasteiger partial charge in [-0.25, -0.2) is 9.78 Å². The van der Waals surface area contributed by atoms with Crippen LogP contribution in [0.2, 0.25) is 0 Å². The lowest BCUT2D eigenvalue weighted by molar-refractivity contribution is -0.142. The van der Waals surface area contributed by atoms with Gasteiger partial charge in [-0.1, -0.05) is 12.8 Å². The van der Waals surface area contributed by atoms with Gasteiger partial charge in [0, 0.05) is 6.07 Å². The van der Waals surface area contributed by atoms with Crippen molar-refractivity contribution in [1.29, 1.82) is 0 Å². The fraction of sp³-hybridized carbons (Fsp3) is 0.545. The fourth-order valence-electron chi connectivity index (χ4n) is 2.26. The van der Waals surface area contributed by atoms with Crippen molar-refractivity contribution in [2.45, 2.75) is 38.1 Å². The summed E-state index contributed by atoms with van der Waals surface area (Å²) in [5.41, 5.74) is -1.24. The molecule has 1 heterocycles. The zero-order valence-electron chi connectivity index (χ0n) is 9.62. The third kappa shape index (κ3) is 2.30. The van der Waals surface area contributed by atoms with Crippen LogP contribution in [-0.4, -0.2) is 26.6 Å². The van der Waals surface area contributed by atoms with Crippen LogP contribution in [0.25, 0.3) is 0 Å². The average molecular weight is 237 g/mol. The lowest BCUT2D eigenvalue weighted by Gasteiger charge is -2.25. The highest BCUT2D eigenvalue weighted by Gasteiger charge is 2.41. The highest BCUT2D eigenvalue weighted by Crippen LogP contribution is 2.32. The summed E-state index contributed by atoms with van der Waals surface area (Å²) in [4.78, 5) is 29.2. The lowest BCUT2D eigenvalue weighted by atomic mass is 9.98. The predicted octanol–water partition coefficient (Wildman–Crippen LogP) is 0.888. The maximum Gasteiger partial charge on any atom is 0.329 e. The average Bonchev–Trinajstić information content (AvgIpc) is 2.65. The number of nitrogens with zero attached hydrogens (tertiary/aromatic N) is 1. The van der Waals surface area contributed by atoms with Crippen molar-refractivity contribution in [2.75, 3.05) is 5.32 Å². The summed E-state index contributed by atoms with van der Waals surface area (Å²) in [6.07, 6.45) is 2.88. The second kappa shape index (κ2) is 4.20. The number of H-pyrrole nitrogens is 1. The number of aliphatic carboxylic acids is 1. The Balaban J connectivity index is 2.29. The van der Waals surface area contributed by atoms with Gasteiger partial charge in [-0.15, -0.1) is 0 Å². The molecule has 0 spiro atoms. The molecule has 1 aromatic heterocycles. The normalized spacial score (nSPS) is 17.9. The van der Waals surface area contributed by atoms with Gasteiger partial charge in [0.25, 0.3) is 5.56 Å². The number of carbonyl (C=O) groups is 1. The van der Waals surface area contributed by atoms with E-state index in [9.17, 15) is 14.7 Å². The van der Waals surface area contributed by atoms with Gasteiger partial charge in [-0.3, -0.25) is 4.79 Å². The Morgan fingerprint density at radius 2 is 2.18 bits per heavy atom. The van der Waals surface area contributed by atoms with Gasteiger partial charge in [-0.2, -0.15) is 0 Å². The van der Waals surface area contributed by atoms with Crippen LogP contribution >= 0.6 is 0 Å². The smallest absolute Gasteiger partial charge is 0.329 e. The second-order valence-corrected chi connectivity index (χ2v) is 4.44. The molecular weight excluding hydrogens is 222 g/mol. The molecule has 1 aliphatic carbocycles. The van der Waals surface area contributed by atoms with E-state index in [1.165, 1.54) is 6.07 Å². The highest BCUT2D eigenvalue weighted by atomic mass is 16.4. The largest absolute Gasteiger partial charge is 0.480 e. The predicted molar refractivity (Wildman–Crippen MR) is 62.1 cm³/mol. The van der Waals surface area contributed by atoms with Crippen LogP contribution in [0.5, 0.6) is 0 Å². The molecule has 0 unspecified atom stereocenters. The van der Waals surface area contributed by atoms with Crippen molar-refractivity contribution >= 4 is 11.8 Å².